The predicted molar refractivity (Wildman–Crippen MR) is 150 cm³/mol. The average molecular weight is 540 g/mol. The van der Waals surface area contributed by atoms with Crippen LogP contribution in [0.2, 0.25) is 0 Å². The Kier molecular flexibility index (Phi) is 15.8. The van der Waals surface area contributed by atoms with E-state index in [0.717, 1.165) is 16.3 Å². The van der Waals surface area contributed by atoms with E-state index in [1.54, 1.807) is 12.1 Å². The molecule has 1 heterocycles. The van der Waals surface area contributed by atoms with E-state index in [4.69, 9.17) is 12.8 Å². The molecule has 0 aliphatic rings. The first-order valence-corrected chi connectivity index (χ1v) is 10.4. The first kappa shape index (κ1) is 29.1. The van der Waals surface area contributed by atoms with Crippen molar-refractivity contribution in [3.8, 4) is 155 Å². The molecule has 38 heavy (non-hydrogen) atoms. The molecule has 0 amide bonds. The summed E-state index contributed by atoms with van der Waals surface area (Å²) in [6.07, 6.45) is 10.6. The van der Waals surface area contributed by atoms with Crippen LogP contribution in [0.5, 0.6) is 0 Å². The fourth-order valence-corrected chi connectivity index (χ4v) is 2.09. The molecule has 2 rings (SSSR count). The highest BCUT2D eigenvalue weighted by Gasteiger charge is 2.03. The summed E-state index contributed by atoms with van der Waals surface area (Å²) in [6.45, 7) is 0. The van der Waals surface area contributed by atoms with Crippen LogP contribution in [0.25, 0.3) is 11.0 Å². The second-order valence-corrected chi connectivity index (χ2v) is 6.20. The number of aromatic nitrogens is 3. The van der Waals surface area contributed by atoms with Crippen LogP contribution >= 0.6 is 15.9 Å². The molecule has 0 bridgehead atoms. The van der Waals surface area contributed by atoms with Crippen LogP contribution < -0.4 is 0 Å². The number of H-pyrrole nitrogens is 1. The van der Waals surface area contributed by atoms with Crippen LogP contribution in [0.1, 0.15) is 10.4 Å². The number of carbonyl (C=O) groups is 1. The number of halogens is 1. The second kappa shape index (κ2) is 20.6. The lowest BCUT2D eigenvalue weighted by Crippen LogP contribution is -1.82. The van der Waals surface area contributed by atoms with Crippen molar-refractivity contribution >= 4 is 33.2 Å². The van der Waals surface area contributed by atoms with E-state index in [2.05, 4.69) is 173 Å². The number of hydrogen-bond acceptors (Lipinski definition) is 3. The molecule has 1 N–H and O–H groups in total. The lowest BCUT2D eigenvalue weighted by atomic mass is 10.2. The van der Waals surface area contributed by atoms with E-state index in [-0.39, 0.29) is 0 Å². The molecule has 0 aliphatic carbocycles. The molecule has 5 heteroatoms. The van der Waals surface area contributed by atoms with Crippen molar-refractivity contribution in [2.45, 2.75) is 0 Å². The number of fused-ring (bicyclic) bond motifs is 1. The van der Waals surface area contributed by atoms with Gasteiger partial charge in [0.1, 0.15) is 11.0 Å². The van der Waals surface area contributed by atoms with Gasteiger partial charge in [-0.05, 0) is 123 Å². The Morgan fingerprint density at radius 2 is 0.842 bits per heavy atom. The second-order valence-electron chi connectivity index (χ2n) is 5.34. The van der Waals surface area contributed by atoms with E-state index in [1.165, 1.54) is 0 Å². The Balaban J connectivity index is 0.000000491. The molecule has 0 saturated heterocycles. The van der Waals surface area contributed by atoms with Crippen molar-refractivity contribution in [1.82, 2.24) is 15.4 Å². The molecule has 4 nitrogen and oxygen atoms in total. The number of benzene rings is 1. The number of nitrogens with one attached hydrogen (secondary N) is 1. The van der Waals surface area contributed by atoms with Gasteiger partial charge in [0.05, 0.1) is 0 Å². The van der Waals surface area contributed by atoms with Gasteiger partial charge in [0, 0.05) is 57.4 Å². The summed E-state index contributed by atoms with van der Waals surface area (Å²) in [7, 11) is 0. The summed E-state index contributed by atoms with van der Waals surface area (Å²) in [5, 5.41) is 10.2. The summed E-state index contributed by atoms with van der Waals surface area (Å²) in [5.74, 6) is 58.2. The smallest absolute Gasteiger partial charge is 0.151 e. The number of terminal acetylenes is 2. The highest BCUT2D eigenvalue weighted by atomic mass is 79.9. The van der Waals surface area contributed by atoms with Crippen molar-refractivity contribution in [2.24, 2.45) is 0 Å². The third kappa shape index (κ3) is 14.2. The first-order valence-electron chi connectivity index (χ1n) is 9.59. The largest absolute Gasteiger partial charge is 0.298 e. The maximum Gasteiger partial charge on any atom is 0.151 e. The van der Waals surface area contributed by atoms with Crippen LogP contribution in [0.3, 0.4) is 0 Å². The minimum atomic E-state index is 0.580. The maximum atomic E-state index is 10.5. The molecule has 1 aromatic carbocycles. The van der Waals surface area contributed by atoms with E-state index in [1.807, 2.05) is 0 Å². The quantitative estimate of drug-likeness (QED) is 0.444. The number of carbonyl (C=O) groups excluding carboxylic acids is 1. The molecule has 0 fully saturated rings. The molecular formula is C33H6BrN3O. The number of aldehydes is 1. The molecule has 0 aliphatic heterocycles. The van der Waals surface area contributed by atoms with E-state index < -0.39 is 0 Å². The monoisotopic (exact) mass is 539 g/mol. The Labute approximate surface area is 230 Å². The lowest BCUT2D eigenvalue weighted by Gasteiger charge is -1.93. The van der Waals surface area contributed by atoms with Gasteiger partial charge in [-0.1, -0.05) is 0 Å². The normalized spacial score (nSPS) is 5.87. The molecule has 1 aromatic heterocycles. The minimum absolute atomic E-state index is 0.580. The molecule has 0 atom stereocenters. The third-order valence-corrected chi connectivity index (χ3v) is 3.71. The third-order valence-electron chi connectivity index (χ3n) is 3.02. The SMILES string of the molecule is C#CC#CC#CC#CC#CC#CC#CC#CC#CC#CC#CC#CC#C.O=Cc1cc2n[nH]nc2cc1Br. The van der Waals surface area contributed by atoms with Gasteiger partial charge in [0.15, 0.2) is 6.29 Å². The highest BCUT2D eigenvalue weighted by Crippen LogP contribution is 2.20. The topological polar surface area (TPSA) is 58.6 Å². The fraction of sp³-hybridized carbons (Fsp3) is 0. The van der Waals surface area contributed by atoms with Crippen molar-refractivity contribution in [3.05, 3.63) is 22.2 Å². The molecule has 0 radical (unpaired) electrons. The van der Waals surface area contributed by atoms with Crippen LogP contribution in [0.4, 0.5) is 0 Å². The van der Waals surface area contributed by atoms with Gasteiger partial charge in [-0.25, -0.2) is 0 Å². The molecule has 0 saturated carbocycles. The summed E-state index contributed by atoms with van der Waals surface area (Å²) < 4.78 is 0.735. The Morgan fingerprint density at radius 1 is 0.553 bits per heavy atom. The predicted octanol–water partition coefficient (Wildman–Crippen LogP) is 1.82. The molecule has 0 spiro atoms. The minimum Gasteiger partial charge on any atom is -0.298 e. The fourth-order valence-electron chi connectivity index (χ4n) is 1.67. The van der Waals surface area contributed by atoms with Crippen LogP contribution in [0, 0.1) is 155 Å². The zero-order valence-electron chi connectivity index (χ0n) is 19.1. The molecule has 0 unspecified atom stereocenters. The lowest BCUT2D eigenvalue weighted by molar-refractivity contribution is 0.112. The van der Waals surface area contributed by atoms with Crippen molar-refractivity contribution in [2.75, 3.05) is 0 Å². The van der Waals surface area contributed by atoms with Crippen LogP contribution in [-0.4, -0.2) is 21.7 Å². The molecular weight excluding hydrogens is 534 g/mol. The van der Waals surface area contributed by atoms with Gasteiger partial charge in [0.2, 0.25) is 0 Å². The van der Waals surface area contributed by atoms with Crippen molar-refractivity contribution < 1.29 is 4.79 Å². The number of hydrogen-bond donors (Lipinski definition) is 1. The van der Waals surface area contributed by atoms with E-state index >= 15 is 0 Å². The Hall–Kier alpha value is -6.95. The molecule has 2 aromatic rings. The van der Waals surface area contributed by atoms with Crippen LogP contribution in [0.15, 0.2) is 16.6 Å². The maximum absolute atomic E-state index is 10.5. The molecule has 166 valence electrons. The Bertz CT molecular complexity index is 1930. The average Bonchev–Trinajstić information content (AvgIpc) is 3.38. The first-order chi connectivity index (χ1) is 18.7. The van der Waals surface area contributed by atoms with Gasteiger partial charge < -0.3 is 0 Å². The Morgan fingerprint density at radius 3 is 1.13 bits per heavy atom. The van der Waals surface area contributed by atoms with Crippen molar-refractivity contribution in [3.63, 3.8) is 0 Å². The van der Waals surface area contributed by atoms with Crippen molar-refractivity contribution in [1.29, 1.82) is 0 Å². The van der Waals surface area contributed by atoms with E-state index in [0.29, 0.717) is 11.1 Å². The van der Waals surface area contributed by atoms with Gasteiger partial charge >= 0.3 is 0 Å². The zero-order chi connectivity index (χ0) is 27.5. The standard InChI is InChI=1S/C26H2.C7H4BrN3O/c1-3-5-7-9-11-13-15-17-19-21-23-25-26-24-22-20-18-16-14-12-10-8-6-4-2;8-5-2-7-6(9-11-10-7)1-4(5)3-12/h1-2H;1-3H,(H,9,10,11). The number of aromatic amines is 1. The van der Waals surface area contributed by atoms with Gasteiger partial charge in [-0.3, -0.25) is 4.79 Å². The number of rotatable bonds is 1. The van der Waals surface area contributed by atoms with Gasteiger partial charge in [-0.15, -0.1) is 12.8 Å². The summed E-state index contributed by atoms with van der Waals surface area (Å²) in [4.78, 5) is 10.5. The van der Waals surface area contributed by atoms with Gasteiger partial charge in [0.25, 0.3) is 0 Å². The summed E-state index contributed by atoms with van der Waals surface area (Å²) >= 11 is 3.25. The van der Waals surface area contributed by atoms with E-state index in [9.17, 15) is 4.79 Å². The summed E-state index contributed by atoms with van der Waals surface area (Å²) in [6, 6.07) is 3.43. The van der Waals surface area contributed by atoms with Gasteiger partial charge in [-0.2, -0.15) is 15.4 Å². The highest BCUT2D eigenvalue weighted by molar-refractivity contribution is 9.10. The van der Waals surface area contributed by atoms with Crippen LogP contribution in [-0.2, 0) is 0 Å². The zero-order valence-corrected chi connectivity index (χ0v) is 20.7. The number of nitrogens with zero attached hydrogens (tertiary/aromatic N) is 2. The summed E-state index contributed by atoms with van der Waals surface area (Å²) in [5.41, 5.74) is 2.02.